The fraction of sp³-hybridized carbons (Fsp3) is 0.111. The number of ether oxygens (including phenoxy) is 1. The lowest BCUT2D eigenvalue weighted by Crippen LogP contribution is -2.14. The van der Waals surface area contributed by atoms with Gasteiger partial charge in [0.15, 0.2) is 0 Å². The lowest BCUT2D eigenvalue weighted by molar-refractivity contribution is -0.113. The van der Waals surface area contributed by atoms with Crippen molar-refractivity contribution in [2.45, 2.75) is 11.6 Å². The van der Waals surface area contributed by atoms with Gasteiger partial charge >= 0.3 is 6.61 Å². The number of carbonyl (C=O) groups is 1. The first-order valence-corrected chi connectivity index (χ1v) is 8.42. The van der Waals surface area contributed by atoms with Crippen molar-refractivity contribution in [1.82, 2.24) is 4.98 Å². The number of aromatic nitrogens is 1. The lowest BCUT2D eigenvalue weighted by Gasteiger charge is -2.07. The van der Waals surface area contributed by atoms with E-state index < -0.39 is 6.61 Å². The van der Waals surface area contributed by atoms with Gasteiger partial charge in [0.2, 0.25) is 5.91 Å². The molecule has 0 saturated carbocycles. The van der Waals surface area contributed by atoms with Crippen LogP contribution in [0.15, 0.2) is 65.7 Å². The number of nitrogens with zero attached hydrogens (tertiary/aromatic N) is 1. The number of hydrogen-bond donors (Lipinski definition) is 1. The Morgan fingerprint density at radius 1 is 1.08 bits per heavy atom. The number of benzene rings is 2. The largest absolute Gasteiger partial charge is 0.435 e. The second kappa shape index (κ2) is 7.94. The maximum atomic E-state index is 12.1. The van der Waals surface area contributed by atoms with Crippen LogP contribution < -0.4 is 10.1 Å². The van der Waals surface area contributed by atoms with Gasteiger partial charge in [-0.3, -0.25) is 4.79 Å². The number of carbonyl (C=O) groups excluding carboxylic acids is 1. The fourth-order valence-corrected chi connectivity index (χ4v) is 2.86. The number of amides is 1. The third-order valence-corrected chi connectivity index (χ3v) is 4.22. The molecule has 0 aliphatic rings. The Balaban J connectivity index is 1.55. The fourth-order valence-electron chi connectivity index (χ4n) is 2.18. The van der Waals surface area contributed by atoms with Crippen LogP contribution in [-0.4, -0.2) is 23.3 Å². The van der Waals surface area contributed by atoms with Gasteiger partial charge in [0.1, 0.15) is 5.75 Å². The summed E-state index contributed by atoms with van der Waals surface area (Å²) < 4.78 is 28.4. The molecule has 0 unspecified atom stereocenters. The topological polar surface area (TPSA) is 51.2 Å². The van der Waals surface area contributed by atoms with Gasteiger partial charge in [-0.25, -0.2) is 4.98 Å². The van der Waals surface area contributed by atoms with Crippen LogP contribution in [0.25, 0.3) is 10.9 Å². The summed E-state index contributed by atoms with van der Waals surface area (Å²) in [6.07, 6.45) is 0. The highest BCUT2D eigenvalue weighted by Crippen LogP contribution is 2.21. The highest BCUT2D eigenvalue weighted by molar-refractivity contribution is 7.99. The molecular weight excluding hydrogens is 346 g/mol. The first-order valence-electron chi connectivity index (χ1n) is 7.43. The molecule has 0 atom stereocenters. The van der Waals surface area contributed by atoms with Crippen LogP contribution in [0.4, 0.5) is 14.5 Å². The van der Waals surface area contributed by atoms with Crippen LogP contribution in [0.5, 0.6) is 5.75 Å². The second-order valence-electron chi connectivity index (χ2n) is 5.08. The maximum Gasteiger partial charge on any atom is 0.387 e. The molecule has 0 fully saturated rings. The number of thioether (sulfide) groups is 1. The molecule has 0 saturated heterocycles. The summed E-state index contributed by atoms with van der Waals surface area (Å²) in [6, 6.07) is 17.4. The van der Waals surface area contributed by atoms with Crippen molar-refractivity contribution in [3.63, 3.8) is 0 Å². The smallest absolute Gasteiger partial charge is 0.387 e. The molecule has 1 heterocycles. The minimum absolute atomic E-state index is 0.0442. The minimum Gasteiger partial charge on any atom is -0.435 e. The van der Waals surface area contributed by atoms with Crippen molar-refractivity contribution >= 4 is 34.3 Å². The summed E-state index contributed by atoms with van der Waals surface area (Å²) in [7, 11) is 0. The van der Waals surface area contributed by atoms with Gasteiger partial charge in [-0.15, -0.1) is 0 Å². The Hall–Kier alpha value is -2.67. The molecule has 1 N–H and O–H groups in total. The number of rotatable bonds is 6. The van der Waals surface area contributed by atoms with Crippen LogP contribution in [0.1, 0.15) is 0 Å². The number of nitrogens with one attached hydrogen (secondary N) is 1. The molecule has 0 bridgehead atoms. The van der Waals surface area contributed by atoms with E-state index in [1.165, 1.54) is 36.0 Å². The van der Waals surface area contributed by atoms with Gasteiger partial charge in [0.05, 0.1) is 16.3 Å². The number of para-hydroxylation sites is 1. The molecule has 3 rings (SSSR count). The molecule has 0 spiro atoms. The van der Waals surface area contributed by atoms with Gasteiger partial charge in [0.25, 0.3) is 0 Å². The Bertz CT molecular complexity index is 872. The predicted molar refractivity (Wildman–Crippen MR) is 94.2 cm³/mol. The number of fused-ring (bicyclic) bond motifs is 1. The van der Waals surface area contributed by atoms with Crippen LogP contribution >= 0.6 is 11.8 Å². The number of alkyl halides is 2. The Labute approximate surface area is 147 Å². The van der Waals surface area contributed by atoms with E-state index in [9.17, 15) is 13.6 Å². The molecule has 1 aromatic heterocycles. The summed E-state index contributed by atoms with van der Waals surface area (Å²) in [4.78, 5) is 16.5. The second-order valence-corrected chi connectivity index (χ2v) is 6.08. The molecule has 128 valence electrons. The molecule has 0 aliphatic carbocycles. The molecule has 3 aromatic rings. The predicted octanol–water partition coefficient (Wildman–Crippen LogP) is 4.57. The first-order chi connectivity index (χ1) is 12.1. The number of hydrogen-bond acceptors (Lipinski definition) is 4. The van der Waals surface area contributed by atoms with E-state index in [2.05, 4.69) is 15.0 Å². The molecule has 25 heavy (non-hydrogen) atoms. The summed E-state index contributed by atoms with van der Waals surface area (Å²) in [5.41, 5.74) is 1.39. The van der Waals surface area contributed by atoms with Crippen molar-refractivity contribution in [3.05, 3.63) is 60.7 Å². The highest BCUT2D eigenvalue weighted by Gasteiger charge is 2.07. The van der Waals surface area contributed by atoms with E-state index in [0.717, 1.165) is 15.9 Å². The van der Waals surface area contributed by atoms with Crippen LogP contribution in [-0.2, 0) is 4.79 Å². The summed E-state index contributed by atoms with van der Waals surface area (Å²) in [5.74, 6) is 0.0332. The zero-order chi connectivity index (χ0) is 17.6. The molecular formula is C18H14F2N2O2S. The highest BCUT2D eigenvalue weighted by atomic mass is 32.2. The van der Waals surface area contributed by atoms with E-state index in [4.69, 9.17) is 0 Å². The normalized spacial score (nSPS) is 10.8. The van der Waals surface area contributed by atoms with Gasteiger partial charge in [0, 0.05) is 11.1 Å². The van der Waals surface area contributed by atoms with Crippen LogP contribution in [0, 0.1) is 0 Å². The Morgan fingerprint density at radius 2 is 1.84 bits per heavy atom. The van der Waals surface area contributed by atoms with Crippen molar-refractivity contribution in [2.75, 3.05) is 11.1 Å². The van der Waals surface area contributed by atoms with Gasteiger partial charge in [-0.2, -0.15) is 8.78 Å². The van der Waals surface area contributed by atoms with E-state index in [1.807, 2.05) is 36.4 Å². The summed E-state index contributed by atoms with van der Waals surface area (Å²) in [5, 5.41) is 4.50. The average molecular weight is 360 g/mol. The standard InChI is InChI=1S/C18H14F2N2O2S/c19-18(20)24-14-8-6-13(7-9-14)21-16(23)11-25-17-10-5-12-3-1-2-4-15(12)22-17/h1-10,18H,11H2,(H,21,23). The average Bonchev–Trinajstić information content (AvgIpc) is 2.61. The molecule has 0 radical (unpaired) electrons. The Morgan fingerprint density at radius 3 is 2.60 bits per heavy atom. The zero-order valence-electron chi connectivity index (χ0n) is 13.0. The van der Waals surface area contributed by atoms with Gasteiger partial charge in [-0.1, -0.05) is 36.0 Å². The number of halogens is 2. The van der Waals surface area contributed by atoms with Crippen LogP contribution in [0.3, 0.4) is 0 Å². The summed E-state index contributed by atoms with van der Waals surface area (Å²) in [6.45, 7) is -2.87. The lowest BCUT2D eigenvalue weighted by atomic mass is 10.2. The third-order valence-electron chi connectivity index (χ3n) is 3.29. The molecule has 2 aromatic carbocycles. The van der Waals surface area contributed by atoms with Crippen molar-refractivity contribution < 1.29 is 18.3 Å². The maximum absolute atomic E-state index is 12.1. The summed E-state index contributed by atoms with van der Waals surface area (Å²) >= 11 is 1.33. The van der Waals surface area contributed by atoms with E-state index in [-0.39, 0.29) is 17.4 Å². The molecule has 0 aliphatic heterocycles. The number of anilines is 1. The Kier molecular flexibility index (Phi) is 5.45. The van der Waals surface area contributed by atoms with Crippen molar-refractivity contribution in [1.29, 1.82) is 0 Å². The zero-order valence-corrected chi connectivity index (χ0v) is 13.8. The molecule has 7 heteroatoms. The first kappa shape index (κ1) is 17.2. The van der Waals surface area contributed by atoms with E-state index >= 15 is 0 Å². The van der Waals surface area contributed by atoms with E-state index in [1.54, 1.807) is 0 Å². The van der Waals surface area contributed by atoms with Crippen LogP contribution in [0.2, 0.25) is 0 Å². The molecule has 1 amide bonds. The van der Waals surface area contributed by atoms with E-state index in [0.29, 0.717) is 5.69 Å². The quantitative estimate of drug-likeness (QED) is 0.655. The van der Waals surface area contributed by atoms with Crippen molar-refractivity contribution in [2.24, 2.45) is 0 Å². The third kappa shape index (κ3) is 4.90. The van der Waals surface area contributed by atoms with Gasteiger partial charge < -0.3 is 10.1 Å². The van der Waals surface area contributed by atoms with Crippen molar-refractivity contribution in [3.8, 4) is 5.75 Å². The molecule has 4 nitrogen and oxygen atoms in total. The monoisotopic (exact) mass is 360 g/mol. The number of pyridine rings is 1. The van der Waals surface area contributed by atoms with Gasteiger partial charge in [-0.05, 0) is 36.4 Å². The SMILES string of the molecule is O=C(CSc1ccc2ccccc2n1)Nc1ccc(OC(F)F)cc1. The minimum atomic E-state index is -2.87.